The van der Waals surface area contributed by atoms with E-state index in [1.165, 1.54) is 5.56 Å². The van der Waals surface area contributed by atoms with E-state index in [0.717, 1.165) is 30.6 Å². The second-order valence-electron chi connectivity index (χ2n) is 7.71. The second kappa shape index (κ2) is 9.95. The molecule has 27 heavy (non-hydrogen) atoms. The Kier molecular flexibility index (Phi) is 7.65. The molecule has 0 bridgehead atoms. The smallest absolute Gasteiger partial charge is 0.191 e. The fourth-order valence-electron chi connectivity index (χ4n) is 2.57. The Labute approximate surface area is 163 Å². The number of benzene rings is 1. The van der Waals surface area contributed by atoms with E-state index >= 15 is 0 Å². The van der Waals surface area contributed by atoms with Crippen LogP contribution in [0.1, 0.15) is 39.0 Å². The zero-order chi connectivity index (χ0) is 19.7. The fourth-order valence-corrected chi connectivity index (χ4v) is 2.57. The molecule has 0 fully saturated rings. The van der Waals surface area contributed by atoms with E-state index in [1.54, 1.807) is 13.2 Å². The van der Waals surface area contributed by atoms with Gasteiger partial charge >= 0.3 is 0 Å². The number of nitrogens with one attached hydrogen (secondary N) is 2. The average Bonchev–Trinajstić information content (AvgIpc) is 2.67. The van der Waals surface area contributed by atoms with Crippen LogP contribution >= 0.6 is 0 Å². The zero-order valence-corrected chi connectivity index (χ0v) is 17.1. The normalized spacial score (nSPS) is 12.1. The van der Waals surface area contributed by atoms with Gasteiger partial charge in [0.05, 0.1) is 18.8 Å². The van der Waals surface area contributed by atoms with Crippen molar-refractivity contribution in [2.24, 2.45) is 10.9 Å². The molecule has 146 valence electrons. The van der Waals surface area contributed by atoms with Gasteiger partial charge in [0, 0.05) is 25.2 Å². The summed E-state index contributed by atoms with van der Waals surface area (Å²) in [5.74, 6) is 2.21. The van der Waals surface area contributed by atoms with Crippen molar-refractivity contribution in [3.05, 3.63) is 59.9 Å². The molecule has 1 aromatic heterocycles. The minimum absolute atomic E-state index is 0.0425. The van der Waals surface area contributed by atoms with Crippen molar-refractivity contribution < 1.29 is 4.74 Å². The van der Waals surface area contributed by atoms with Gasteiger partial charge in [-0.3, -0.25) is 9.98 Å². The van der Waals surface area contributed by atoms with Crippen LogP contribution in [-0.2, 0) is 12.0 Å². The lowest BCUT2D eigenvalue weighted by molar-refractivity contribution is 0.271. The summed E-state index contributed by atoms with van der Waals surface area (Å²) in [6.07, 6.45) is 1.80. The van der Waals surface area contributed by atoms with Crippen LogP contribution in [0.4, 0.5) is 0 Å². The van der Waals surface area contributed by atoms with Crippen LogP contribution in [0.3, 0.4) is 0 Å². The first-order valence-corrected chi connectivity index (χ1v) is 9.48. The molecule has 2 N–H and O–H groups in total. The Bertz CT molecular complexity index is 709. The van der Waals surface area contributed by atoms with E-state index in [9.17, 15) is 0 Å². The van der Waals surface area contributed by atoms with Crippen molar-refractivity contribution in [2.75, 3.05) is 20.2 Å². The van der Waals surface area contributed by atoms with Crippen molar-refractivity contribution in [3.8, 4) is 5.75 Å². The van der Waals surface area contributed by atoms with Crippen LogP contribution in [0.5, 0.6) is 5.75 Å². The van der Waals surface area contributed by atoms with Gasteiger partial charge in [0.25, 0.3) is 0 Å². The molecule has 0 radical (unpaired) electrons. The Hall–Kier alpha value is -2.56. The first-order valence-electron chi connectivity index (χ1n) is 9.48. The summed E-state index contributed by atoms with van der Waals surface area (Å²) in [7, 11) is 1.78. The number of ether oxygens (including phenoxy) is 1. The van der Waals surface area contributed by atoms with Gasteiger partial charge in [-0.05, 0) is 35.7 Å². The third-order valence-electron chi connectivity index (χ3n) is 4.30. The molecule has 0 saturated carbocycles. The molecule has 0 aliphatic carbocycles. The molecule has 0 aliphatic rings. The molecule has 2 aromatic rings. The van der Waals surface area contributed by atoms with Gasteiger partial charge in [-0.2, -0.15) is 0 Å². The molecule has 1 aromatic carbocycles. The van der Waals surface area contributed by atoms with E-state index in [-0.39, 0.29) is 5.41 Å². The number of hydrogen-bond donors (Lipinski definition) is 2. The molecule has 0 saturated heterocycles. The van der Waals surface area contributed by atoms with Crippen LogP contribution < -0.4 is 15.4 Å². The molecular weight excluding hydrogens is 336 g/mol. The second-order valence-corrected chi connectivity index (χ2v) is 7.71. The van der Waals surface area contributed by atoms with Crippen molar-refractivity contribution in [3.63, 3.8) is 0 Å². The Morgan fingerprint density at radius 3 is 2.44 bits per heavy atom. The molecular formula is C22H32N4O. The lowest BCUT2D eigenvalue weighted by Crippen LogP contribution is -2.43. The summed E-state index contributed by atoms with van der Waals surface area (Å²) < 4.78 is 5.77. The van der Waals surface area contributed by atoms with E-state index in [4.69, 9.17) is 4.74 Å². The fraction of sp³-hybridized carbons (Fsp3) is 0.455. The summed E-state index contributed by atoms with van der Waals surface area (Å²) in [5.41, 5.74) is 2.20. The zero-order valence-electron chi connectivity index (χ0n) is 17.1. The SMILES string of the molecule is CN=C(NCc1ccccn1)NCC(C)(C)c1ccc(OCC(C)C)cc1. The molecule has 0 amide bonds. The molecule has 0 unspecified atom stereocenters. The highest BCUT2D eigenvalue weighted by Gasteiger charge is 2.21. The summed E-state index contributed by atoms with van der Waals surface area (Å²) in [5, 5.41) is 6.72. The molecule has 5 heteroatoms. The number of pyridine rings is 1. The van der Waals surface area contributed by atoms with E-state index in [1.807, 2.05) is 30.3 Å². The first kappa shape index (κ1) is 20.7. The number of aliphatic imine (C=N–C) groups is 1. The van der Waals surface area contributed by atoms with Gasteiger partial charge in [0.1, 0.15) is 5.75 Å². The summed E-state index contributed by atoms with van der Waals surface area (Å²) in [6, 6.07) is 14.3. The van der Waals surface area contributed by atoms with Gasteiger partial charge in [-0.1, -0.05) is 45.9 Å². The van der Waals surface area contributed by atoms with E-state index < -0.39 is 0 Å². The molecule has 0 spiro atoms. The van der Waals surface area contributed by atoms with Crippen LogP contribution in [0.2, 0.25) is 0 Å². The lowest BCUT2D eigenvalue weighted by atomic mass is 9.84. The largest absolute Gasteiger partial charge is 0.493 e. The highest BCUT2D eigenvalue weighted by atomic mass is 16.5. The van der Waals surface area contributed by atoms with E-state index in [2.05, 4.69) is 60.4 Å². The monoisotopic (exact) mass is 368 g/mol. The van der Waals surface area contributed by atoms with Gasteiger partial charge in [-0.15, -0.1) is 0 Å². The van der Waals surface area contributed by atoms with Crippen LogP contribution in [-0.4, -0.2) is 31.1 Å². The Morgan fingerprint density at radius 2 is 1.85 bits per heavy atom. The predicted molar refractivity (Wildman–Crippen MR) is 112 cm³/mol. The summed E-state index contributed by atoms with van der Waals surface area (Å²) in [6.45, 7) is 10.9. The average molecular weight is 369 g/mol. The highest BCUT2D eigenvalue weighted by Crippen LogP contribution is 2.24. The van der Waals surface area contributed by atoms with Crippen molar-refractivity contribution in [1.29, 1.82) is 0 Å². The maximum absolute atomic E-state index is 5.77. The van der Waals surface area contributed by atoms with Crippen molar-refractivity contribution in [1.82, 2.24) is 15.6 Å². The number of rotatable bonds is 8. The van der Waals surface area contributed by atoms with Crippen molar-refractivity contribution >= 4 is 5.96 Å². The van der Waals surface area contributed by atoms with Crippen LogP contribution in [0, 0.1) is 5.92 Å². The van der Waals surface area contributed by atoms with Crippen molar-refractivity contribution in [2.45, 2.75) is 39.7 Å². The number of hydrogen-bond acceptors (Lipinski definition) is 3. The topological polar surface area (TPSA) is 58.5 Å². The quantitative estimate of drug-likeness (QED) is 0.550. The number of guanidine groups is 1. The summed E-state index contributed by atoms with van der Waals surface area (Å²) in [4.78, 5) is 8.62. The standard InChI is InChI=1S/C22H32N4O/c1-17(2)15-27-20-11-9-18(10-12-20)22(3,4)16-26-21(23-5)25-14-19-8-6-7-13-24-19/h6-13,17H,14-16H2,1-5H3,(H2,23,25,26). The third kappa shape index (κ3) is 6.93. The molecule has 0 atom stereocenters. The third-order valence-corrected chi connectivity index (χ3v) is 4.30. The molecule has 2 rings (SSSR count). The Balaban J connectivity index is 1.88. The highest BCUT2D eigenvalue weighted by molar-refractivity contribution is 5.79. The predicted octanol–water partition coefficient (Wildman–Crippen LogP) is 3.76. The van der Waals surface area contributed by atoms with Gasteiger partial charge in [0.15, 0.2) is 5.96 Å². The van der Waals surface area contributed by atoms with Crippen LogP contribution in [0.25, 0.3) is 0 Å². The Morgan fingerprint density at radius 1 is 1.11 bits per heavy atom. The van der Waals surface area contributed by atoms with E-state index in [0.29, 0.717) is 12.5 Å². The van der Waals surface area contributed by atoms with Gasteiger partial charge in [-0.25, -0.2) is 0 Å². The number of nitrogens with zero attached hydrogens (tertiary/aromatic N) is 2. The van der Waals surface area contributed by atoms with Gasteiger partial charge in [0.2, 0.25) is 0 Å². The minimum Gasteiger partial charge on any atom is -0.493 e. The molecule has 0 aliphatic heterocycles. The number of aromatic nitrogens is 1. The molecule has 5 nitrogen and oxygen atoms in total. The maximum atomic E-state index is 5.77. The van der Waals surface area contributed by atoms with Gasteiger partial charge < -0.3 is 15.4 Å². The molecule has 1 heterocycles. The summed E-state index contributed by atoms with van der Waals surface area (Å²) >= 11 is 0. The van der Waals surface area contributed by atoms with Crippen LogP contribution in [0.15, 0.2) is 53.7 Å². The lowest BCUT2D eigenvalue weighted by Gasteiger charge is -2.27. The minimum atomic E-state index is -0.0425. The maximum Gasteiger partial charge on any atom is 0.191 e. The first-order chi connectivity index (χ1) is 12.9.